The van der Waals surface area contributed by atoms with Crippen molar-refractivity contribution in [1.29, 1.82) is 0 Å². The van der Waals surface area contributed by atoms with Gasteiger partial charge in [0.25, 0.3) is 0 Å². The summed E-state index contributed by atoms with van der Waals surface area (Å²) in [4.78, 5) is 4.67. The Labute approximate surface area is 151 Å². The second-order valence-corrected chi connectivity index (χ2v) is 7.32. The number of thiazole rings is 1. The Morgan fingerprint density at radius 3 is 2.56 bits per heavy atom. The number of phenolic OH excluding ortho intramolecular Hbond substituents is 1. The molecule has 0 bridgehead atoms. The number of aromatic hydroxyl groups is 1. The molecule has 1 heterocycles. The quantitative estimate of drug-likeness (QED) is 0.637. The monoisotopic (exact) mass is 351 g/mol. The van der Waals surface area contributed by atoms with Gasteiger partial charge in [-0.2, -0.15) is 0 Å². The number of hydrogen-bond donors (Lipinski definition) is 1. The molecule has 25 heavy (non-hydrogen) atoms. The first-order chi connectivity index (χ1) is 12.3. The second kappa shape index (κ2) is 7.28. The van der Waals surface area contributed by atoms with Crippen molar-refractivity contribution in [3.63, 3.8) is 0 Å². The average Bonchev–Trinajstić information content (AvgIpc) is 3.13. The molecule has 1 fully saturated rings. The van der Waals surface area contributed by atoms with E-state index in [-0.39, 0.29) is 11.9 Å². The number of hydrogen-bond acceptors (Lipinski definition) is 4. The predicted molar refractivity (Wildman–Crippen MR) is 102 cm³/mol. The van der Waals surface area contributed by atoms with Crippen molar-refractivity contribution in [2.45, 2.75) is 38.2 Å². The van der Waals surface area contributed by atoms with E-state index in [2.05, 4.69) is 4.98 Å². The minimum atomic E-state index is 0.221. The van der Waals surface area contributed by atoms with E-state index in [9.17, 15) is 5.11 Å². The van der Waals surface area contributed by atoms with Crippen LogP contribution in [-0.4, -0.2) is 16.2 Å². The first-order valence-corrected chi connectivity index (χ1v) is 9.68. The fourth-order valence-electron chi connectivity index (χ4n) is 3.29. The smallest absolute Gasteiger partial charge is 0.128 e. The van der Waals surface area contributed by atoms with Gasteiger partial charge in [-0.15, -0.1) is 11.3 Å². The molecular formula is C21H21NO2S. The molecule has 1 saturated carbocycles. The molecule has 4 heteroatoms. The molecule has 1 aromatic heterocycles. The van der Waals surface area contributed by atoms with Crippen LogP contribution in [0.15, 0.2) is 53.9 Å². The van der Waals surface area contributed by atoms with Crippen LogP contribution in [0.25, 0.3) is 21.8 Å². The third kappa shape index (κ3) is 3.69. The molecule has 1 aliphatic carbocycles. The van der Waals surface area contributed by atoms with Gasteiger partial charge in [0.15, 0.2) is 0 Å². The lowest BCUT2D eigenvalue weighted by Gasteiger charge is -2.23. The Balaban J connectivity index is 1.54. The summed E-state index contributed by atoms with van der Waals surface area (Å²) in [5.74, 6) is 0.963. The highest BCUT2D eigenvalue weighted by Crippen LogP contribution is 2.36. The van der Waals surface area contributed by atoms with Gasteiger partial charge in [0, 0.05) is 22.6 Å². The van der Waals surface area contributed by atoms with Crippen LogP contribution in [0.2, 0.25) is 0 Å². The lowest BCUT2D eigenvalue weighted by molar-refractivity contribution is 0.154. The predicted octanol–water partition coefficient (Wildman–Crippen LogP) is 5.89. The van der Waals surface area contributed by atoms with E-state index >= 15 is 0 Å². The Kier molecular flexibility index (Phi) is 4.70. The molecule has 0 saturated heterocycles. The summed E-state index contributed by atoms with van der Waals surface area (Å²) in [7, 11) is 0. The minimum Gasteiger partial charge on any atom is -0.507 e. The zero-order valence-corrected chi connectivity index (χ0v) is 14.8. The number of ether oxygens (including phenoxy) is 1. The lowest BCUT2D eigenvalue weighted by atomic mass is 9.98. The number of phenols is 1. The third-order valence-electron chi connectivity index (χ3n) is 4.63. The maximum atomic E-state index is 10.4. The van der Waals surface area contributed by atoms with Gasteiger partial charge in [0.05, 0.1) is 11.8 Å². The molecule has 4 rings (SSSR count). The summed E-state index contributed by atoms with van der Waals surface area (Å²) < 4.78 is 6.02. The van der Waals surface area contributed by atoms with Crippen molar-refractivity contribution in [3.8, 4) is 33.3 Å². The van der Waals surface area contributed by atoms with E-state index in [1.54, 1.807) is 17.4 Å². The molecule has 0 aliphatic heterocycles. The van der Waals surface area contributed by atoms with Crippen LogP contribution < -0.4 is 4.74 Å². The van der Waals surface area contributed by atoms with Gasteiger partial charge in [0.2, 0.25) is 0 Å². The number of nitrogens with zero attached hydrogens (tertiary/aromatic N) is 1. The second-order valence-electron chi connectivity index (χ2n) is 6.46. The van der Waals surface area contributed by atoms with Gasteiger partial charge < -0.3 is 9.84 Å². The molecule has 3 nitrogen and oxygen atoms in total. The number of aromatic nitrogens is 1. The first-order valence-electron chi connectivity index (χ1n) is 8.80. The molecule has 2 aromatic carbocycles. The topological polar surface area (TPSA) is 42.4 Å². The van der Waals surface area contributed by atoms with Crippen LogP contribution in [-0.2, 0) is 0 Å². The molecule has 0 radical (unpaired) electrons. The summed E-state index contributed by atoms with van der Waals surface area (Å²) in [6, 6.07) is 15.6. The fraction of sp³-hybridized carbons (Fsp3) is 0.286. The van der Waals surface area contributed by atoms with Crippen molar-refractivity contribution >= 4 is 11.3 Å². The normalized spacial score (nSPS) is 15.2. The van der Waals surface area contributed by atoms with Crippen molar-refractivity contribution in [2.24, 2.45) is 0 Å². The zero-order chi connectivity index (χ0) is 17.1. The number of benzene rings is 2. The Morgan fingerprint density at radius 1 is 1.00 bits per heavy atom. The third-order valence-corrected chi connectivity index (χ3v) is 5.52. The average molecular weight is 351 g/mol. The molecule has 0 unspecified atom stereocenters. The van der Waals surface area contributed by atoms with Crippen LogP contribution in [0.4, 0.5) is 0 Å². The molecule has 0 atom stereocenters. The molecular weight excluding hydrogens is 330 g/mol. The van der Waals surface area contributed by atoms with Crippen LogP contribution in [0.5, 0.6) is 11.5 Å². The van der Waals surface area contributed by atoms with E-state index in [0.29, 0.717) is 0 Å². The van der Waals surface area contributed by atoms with E-state index < -0.39 is 0 Å². The fourth-order valence-corrected chi connectivity index (χ4v) is 4.11. The summed E-state index contributed by atoms with van der Waals surface area (Å²) in [5, 5.41) is 13.4. The van der Waals surface area contributed by atoms with Crippen LogP contribution in [0.1, 0.15) is 32.1 Å². The van der Waals surface area contributed by atoms with Crippen LogP contribution in [0.3, 0.4) is 0 Å². The van der Waals surface area contributed by atoms with Crippen LogP contribution in [0, 0.1) is 0 Å². The molecule has 128 valence electrons. The SMILES string of the molecule is Oc1cc(OC2CCCCC2)ccc1-c1csc(-c2ccccc2)n1. The van der Waals surface area contributed by atoms with Gasteiger partial charge >= 0.3 is 0 Å². The Hall–Kier alpha value is -2.33. The van der Waals surface area contributed by atoms with Gasteiger partial charge in [-0.3, -0.25) is 0 Å². The standard InChI is InChI=1S/C21H21NO2S/c23-20-13-17(24-16-9-5-2-6-10-16)11-12-18(20)19-14-25-21(22-19)15-7-3-1-4-8-15/h1,3-4,7-8,11-14,16,23H,2,5-6,9-10H2. The summed E-state index contributed by atoms with van der Waals surface area (Å²) in [5.41, 5.74) is 2.63. The minimum absolute atomic E-state index is 0.221. The van der Waals surface area contributed by atoms with E-state index in [1.807, 2.05) is 47.8 Å². The van der Waals surface area contributed by atoms with Crippen molar-refractivity contribution in [2.75, 3.05) is 0 Å². The van der Waals surface area contributed by atoms with Gasteiger partial charge in [-0.1, -0.05) is 36.8 Å². The maximum absolute atomic E-state index is 10.4. The van der Waals surface area contributed by atoms with Crippen molar-refractivity contribution in [3.05, 3.63) is 53.9 Å². The summed E-state index contributed by atoms with van der Waals surface area (Å²) in [6.45, 7) is 0. The highest BCUT2D eigenvalue weighted by atomic mass is 32.1. The molecule has 3 aromatic rings. The lowest BCUT2D eigenvalue weighted by Crippen LogP contribution is -2.19. The summed E-state index contributed by atoms with van der Waals surface area (Å²) in [6.07, 6.45) is 6.26. The Bertz CT molecular complexity index is 838. The zero-order valence-electron chi connectivity index (χ0n) is 14.0. The van der Waals surface area contributed by atoms with Gasteiger partial charge in [-0.25, -0.2) is 4.98 Å². The largest absolute Gasteiger partial charge is 0.507 e. The van der Waals surface area contributed by atoms with E-state index in [1.165, 1.54) is 19.3 Å². The van der Waals surface area contributed by atoms with E-state index in [4.69, 9.17) is 4.74 Å². The molecule has 0 spiro atoms. The first kappa shape index (κ1) is 16.2. The van der Waals surface area contributed by atoms with Crippen molar-refractivity contribution in [1.82, 2.24) is 4.98 Å². The molecule has 1 N–H and O–H groups in total. The van der Waals surface area contributed by atoms with E-state index in [0.717, 1.165) is 40.4 Å². The molecule has 0 amide bonds. The molecule has 1 aliphatic rings. The Morgan fingerprint density at radius 2 is 1.80 bits per heavy atom. The van der Waals surface area contributed by atoms with Gasteiger partial charge in [-0.05, 0) is 37.8 Å². The highest BCUT2D eigenvalue weighted by molar-refractivity contribution is 7.13. The van der Waals surface area contributed by atoms with Crippen LogP contribution >= 0.6 is 11.3 Å². The summed E-state index contributed by atoms with van der Waals surface area (Å²) >= 11 is 1.59. The number of rotatable bonds is 4. The highest BCUT2D eigenvalue weighted by Gasteiger charge is 2.16. The maximum Gasteiger partial charge on any atom is 0.128 e. The van der Waals surface area contributed by atoms with Gasteiger partial charge in [0.1, 0.15) is 16.5 Å². The van der Waals surface area contributed by atoms with Crippen molar-refractivity contribution < 1.29 is 9.84 Å².